The smallest absolute Gasteiger partial charge is 0.252 e. The van der Waals surface area contributed by atoms with E-state index in [0.717, 1.165) is 27.5 Å². The second-order valence-corrected chi connectivity index (χ2v) is 7.49. The Balaban J connectivity index is 1.59. The van der Waals surface area contributed by atoms with E-state index in [9.17, 15) is 10.1 Å². The molecule has 28 heavy (non-hydrogen) atoms. The van der Waals surface area contributed by atoms with Crippen LogP contribution in [0.3, 0.4) is 0 Å². The van der Waals surface area contributed by atoms with Gasteiger partial charge in [-0.3, -0.25) is 4.79 Å². The van der Waals surface area contributed by atoms with Crippen LogP contribution in [0.4, 0.5) is 0 Å². The number of nitrogens with one attached hydrogen (secondary N) is 1. The van der Waals surface area contributed by atoms with Crippen molar-refractivity contribution in [2.45, 2.75) is 22.3 Å². The fourth-order valence-electron chi connectivity index (χ4n) is 3.24. The SMILES string of the molecule is N#Cc1ccccc1Sc1ccccc1C(=O)N[C@H]1CCOc2ccccc21. The lowest BCUT2D eigenvalue weighted by molar-refractivity contribution is 0.0922. The van der Waals surface area contributed by atoms with E-state index in [1.807, 2.05) is 66.7 Å². The molecule has 0 spiro atoms. The van der Waals surface area contributed by atoms with Gasteiger partial charge in [-0.25, -0.2) is 0 Å². The molecule has 1 atom stereocenters. The fraction of sp³-hybridized carbons (Fsp3) is 0.130. The van der Waals surface area contributed by atoms with Crippen LogP contribution >= 0.6 is 11.8 Å². The Morgan fingerprint density at radius 1 is 1.00 bits per heavy atom. The highest BCUT2D eigenvalue weighted by atomic mass is 32.2. The monoisotopic (exact) mass is 386 g/mol. The lowest BCUT2D eigenvalue weighted by Gasteiger charge is -2.27. The van der Waals surface area contributed by atoms with Gasteiger partial charge in [0.15, 0.2) is 0 Å². The van der Waals surface area contributed by atoms with E-state index in [1.165, 1.54) is 11.8 Å². The predicted octanol–water partition coefficient (Wildman–Crippen LogP) is 4.96. The van der Waals surface area contributed by atoms with Crippen LogP contribution in [-0.2, 0) is 0 Å². The molecule has 0 bridgehead atoms. The number of para-hydroxylation sites is 1. The van der Waals surface area contributed by atoms with Gasteiger partial charge in [-0.2, -0.15) is 5.26 Å². The number of amides is 1. The van der Waals surface area contributed by atoms with Crippen molar-refractivity contribution in [2.24, 2.45) is 0 Å². The van der Waals surface area contributed by atoms with Crippen LogP contribution in [0.1, 0.15) is 33.9 Å². The summed E-state index contributed by atoms with van der Waals surface area (Å²) < 4.78 is 5.68. The van der Waals surface area contributed by atoms with E-state index in [1.54, 1.807) is 6.07 Å². The molecule has 1 heterocycles. The molecule has 5 heteroatoms. The van der Waals surface area contributed by atoms with E-state index in [-0.39, 0.29) is 11.9 Å². The molecule has 3 aromatic rings. The van der Waals surface area contributed by atoms with Gasteiger partial charge in [0.1, 0.15) is 11.8 Å². The van der Waals surface area contributed by atoms with Crippen LogP contribution in [0.5, 0.6) is 5.75 Å². The van der Waals surface area contributed by atoms with Crippen LogP contribution in [0.25, 0.3) is 0 Å². The summed E-state index contributed by atoms with van der Waals surface area (Å²) in [5.74, 6) is 0.698. The third-order valence-corrected chi connectivity index (χ3v) is 5.77. The molecule has 0 aromatic heterocycles. The first-order chi connectivity index (χ1) is 13.8. The molecule has 1 aliphatic heterocycles. The zero-order chi connectivity index (χ0) is 19.3. The average Bonchev–Trinajstić information content (AvgIpc) is 2.75. The van der Waals surface area contributed by atoms with Gasteiger partial charge >= 0.3 is 0 Å². The van der Waals surface area contributed by atoms with Crippen molar-refractivity contribution in [2.75, 3.05) is 6.61 Å². The van der Waals surface area contributed by atoms with E-state index in [4.69, 9.17) is 4.74 Å². The molecule has 138 valence electrons. The molecule has 0 saturated carbocycles. The van der Waals surface area contributed by atoms with Gasteiger partial charge in [0.05, 0.1) is 23.8 Å². The topological polar surface area (TPSA) is 62.1 Å². The minimum atomic E-state index is -0.126. The molecule has 1 amide bonds. The lowest BCUT2D eigenvalue weighted by Crippen LogP contribution is -2.32. The Morgan fingerprint density at radius 2 is 1.71 bits per heavy atom. The first kappa shape index (κ1) is 18.1. The van der Waals surface area contributed by atoms with E-state index in [2.05, 4.69) is 11.4 Å². The summed E-state index contributed by atoms with van der Waals surface area (Å²) in [5, 5.41) is 12.5. The minimum Gasteiger partial charge on any atom is -0.493 e. The quantitative estimate of drug-likeness (QED) is 0.688. The van der Waals surface area contributed by atoms with E-state index < -0.39 is 0 Å². The molecule has 0 aliphatic carbocycles. The highest BCUT2D eigenvalue weighted by Crippen LogP contribution is 2.34. The summed E-state index contributed by atoms with van der Waals surface area (Å²) in [6.45, 7) is 0.577. The normalized spacial score (nSPS) is 15.0. The van der Waals surface area contributed by atoms with Crippen molar-refractivity contribution in [1.29, 1.82) is 5.26 Å². The summed E-state index contributed by atoms with van der Waals surface area (Å²) in [6, 6.07) is 24.8. The molecule has 3 aromatic carbocycles. The fourth-order valence-corrected chi connectivity index (χ4v) is 4.26. The first-order valence-electron chi connectivity index (χ1n) is 9.05. The van der Waals surface area contributed by atoms with Crippen molar-refractivity contribution >= 4 is 17.7 Å². The maximum absolute atomic E-state index is 13.1. The molecule has 0 fully saturated rings. The number of nitriles is 1. The van der Waals surface area contributed by atoms with Crippen LogP contribution in [-0.4, -0.2) is 12.5 Å². The summed E-state index contributed by atoms with van der Waals surface area (Å²) in [7, 11) is 0. The van der Waals surface area contributed by atoms with Crippen LogP contribution < -0.4 is 10.1 Å². The van der Waals surface area contributed by atoms with Gasteiger partial charge in [0.25, 0.3) is 5.91 Å². The standard InChI is InChI=1S/C23H18N2O2S/c24-15-16-7-1-5-11-21(16)28-22-12-6-3-9-18(22)23(26)25-19-13-14-27-20-10-4-2-8-17(19)20/h1-12,19H,13-14H2,(H,25,26)/t19-/m0/s1. The highest BCUT2D eigenvalue weighted by Gasteiger charge is 2.24. The predicted molar refractivity (Wildman–Crippen MR) is 108 cm³/mol. The second-order valence-electron chi connectivity index (χ2n) is 6.41. The van der Waals surface area contributed by atoms with Crippen LogP contribution in [0.2, 0.25) is 0 Å². The van der Waals surface area contributed by atoms with Gasteiger partial charge in [0.2, 0.25) is 0 Å². The number of hydrogen-bond donors (Lipinski definition) is 1. The van der Waals surface area contributed by atoms with Crippen molar-refractivity contribution in [3.05, 3.63) is 89.5 Å². The van der Waals surface area contributed by atoms with E-state index >= 15 is 0 Å². The van der Waals surface area contributed by atoms with Crippen molar-refractivity contribution in [3.63, 3.8) is 0 Å². The number of nitrogens with zero attached hydrogens (tertiary/aromatic N) is 1. The maximum atomic E-state index is 13.1. The summed E-state index contributed by atoms with van der Waals surface area (Å²) in [6.07, 6.45) is 0.731. The molecule has 1 aliphatic rings. The van der Waals surface area contributed by atoms with Crippen molar-refractivity contribution < 1.29 is 9.53 Å². The number of benzene rings is 3. The van der Waals surface area contributed by atoms with Crippen LogP contribution in [0.15, 0.2) is 82.6 Å². The van der Waals surface area contributed by atoms with Gasteiger partial charge in [-0.05, 0) is 30.3 Å². The number of ether oxygens (including phenoxy) is 1. The van der Waals surface area contributed by atoms with E-state index in [0.29, 0.717) is 17.7 Å². The average molecular weight is 386 g/mol. The van der Waals surface area contributed by atoms with Gasteiger partial charge < -0.3 is 10.1 Å². The highest BCUT2D eigenvalue weighted by molar-refractivity contribution is 7.99. The first-order valence-corrected chi connectivity index (χ1v) is 9.86. The van der Waals surface area contributed by atoms with Gasteiger partial charge in [0, 0.05) is 21.8 Å². The third kappa shape index (κ3) is 3.73. The lowest BCUT2D eigenvalue weighted by atomic mass is 10.00. The number of rotatable bonds is 4. The molecule has 0 unspecified atom stereocenters. The molecule has 4 nitrogen and oxygen atoms in total. The minimum absolute atomic E-state index is 0.0816. The largest absolute Gasteiger partial charge is 0.493 e. The Kier molecular flexibility index (Phi) is 5.31. The second kappa shape index (κ2) is 8.20. The molecule has 4 rings (SSSR count). The number of fused-ring (bicyclic) bond motifs is 1. The number of hydrogen-bond acceptors (Lipinski definition) is 4. The Bertz CT molecular complexity index is 1060. The Hall–Kier alpha value is -3.23. The van der Waals surface area contributed by atoms with Crippen molar-refractivity contribution in [3.8, 4) is 11.8 Å². The third-order valence-electron chi connectivity index (χ3n) is 4.62. The Labute approximate surface area is 168 Å². The maximum Gasteiger partial charge on any atom is 0.252 e. The molecule has 0 radical (unpaired) electrons. The summed E-state index contributed by atoms with van der Waals surface area (Å²) >= 11 is 1.43. The molecular weight excluding hydrogens is 368 g/mol. The van der Waals surface area contributed by atoms with Gasteiger partial charge in [-0.1, -0.05) is 54.2 Å². The van der Waals surface area contributed by atoms with Crippen LogP contribution in [0, 0.1) is 11.3 Å². The zero-order valence-electron chi connectivity index (χ0n) is 15.1. The van der Waals surface area contributed by atoms with Crippen molar-refractivity contribution in [1.82, 2.24) is 5.32 Å². The Morgan fingerprint density at radius 3 is 2.57 bits per heavy atom. The molecule has 1 N–H and O–H groups in total. The number of carbonyl (C=O) groups is 1. The van der Waals surface area contributed by atoms with Gasteiger partial charge in [-0.15, -0.1) is 0 Å². The molecule has 0 saturated heterocycles. The zero-order valence-corrected chi connectivity index (χ0v) is 15.9. The molecular formula is C23H18N2O2S. The summed E-state index contributed by atoms with van der Waals surface area (Å²) in [5.41, 5.74) is 2.20. The summed E-state index contributed by atoms with van der Waals surface area (Å²) in [4.78, 5) is 14.7. The number of carbonyl (C=O) groups excluding carboxylic acids is 1.